The van der Waals surface area contributed by atoms with E-state index in [2.05, 4.69) is 10.2 Å². The van der Waals surface area contributed by atoms with Gasteiger partial charge >= 0.3 is 0 Å². The van der Waals surface area contributed by atoms with Crippen LogP contribution in [0.25, 0.3) is 11.4 Å². The molecule has 0 bridgehead atoms. The van der Waals surface area contributed by atoms with Crippen LogP contribution in [0.3, 0.4) is 0 Å². The molecule has 1 aromatic heterocycles. The van der Waals surface area contributed by atoms with Gasteiger partial charge in [0.1, 0.15) is 12.4 Å². The Morgan fingerprint density at radius 3 is 2.83 bits per heavy atom. The van der Waals surface area contributed by atoms with Crippen molar-refractivity contribution in [3.05, 3.63) is 34.9 Å². The molecule has 0 saturated heterocycles. The van der Waals surface area contributed by atoms with Gasteiger partial charge in [0.05, 0.1) is 5.02 Å². The van der Waals surface area contributed by atoms with Crippen molar-refractivity contribution < 1.29 is 9.50 Å². The molecule has 1 saturated carbocycles. The molecule has 0 aliphatic heterocycles. The lowest BCUT2D eigenvalue weighted by Gasteiger charge is -2.09. The maximum Gasteiger partial charge on any atom is 0.165 e. The first-order chi connectivity index (χ1) is 8.72. The second-order valence-corrected chi connectivity index (χ2v) is 4.68. The van der Waals surface area contributed by atoms with E-state index >= 15 is 0 Å². The van der Waals surface area contributed by atoms with Crippen LogP contribution in [0, 0.1) is 5.82 Å². The lowest BCUT2D eigenvalue weighted by Crippen LogP contribution is -2.03. The standard InChI is InChI=1S/C12H11ClFN3O/c13-11-8(2-1-3-9(11)14)12-16-15-10(6-18)17(12)7-4-5-7/h1-3,7,18H,4-6H2. The number of aliphatic hydroxyl groups excluding tert-OH is 1. The zero-order chi connectivity index (χ0) is 12.7. The van der Waals surface area contributed by atoms with Crippen LogP contribution >= 0.6 is 11.6 Å². The number of hydrogen-bond donors (Lipinski definition) is 1. The van der Waals surface area contributed by atoms with Crippen molar-refractivity contribution in [2.24, 2.45) is 0 Å². The molecule has 1 fully saturated rings. The first kappa shape index (κ1) is 11.6. The Morgan fingerprint density at radius 1 is 1.39 bits per heavy atom. The molecular weight excluding hydrogens is 257 g/mol. The zero-order valence-electron chi connectivity index (χ0n) is 9.48. The van der Waals surface area contributed by atoms with Crippen LogP contribution in [0.15, 0.2) is 18.2 Å². The van der Waals surface area contributed by atoms with Gasteiger partial charge in [-0.15, -0.1) is 10.2 Å². The van der Waals surface area contributed by atoms with E-state index in [-0.39, 0.29) is 17.7 Å². The first-order valence-electron chi connectivity index (χ1n) is 5.71. The molecule has 1 heterocycles. The average Bonchev–Trinajstić information content (AvgIpc) is 3.12. The molecule has 0 amide bonds. The fraction of sp³-hybridized carbons (Fsp3) is 0.333. The summed E-state index contributed by atoms with van der Waals surface area (Å²) in [4.78, 5) is 0. The average molecular weight is 268 g/mol. The van der Waals surface area contributed by atoms with Gasteiger partial charge in [-0.2, -0.15) is 0 Å². The minimum absolute atomic E-state index is 0.0382. The summed E-state index contributed by atoms with van der Waals surface area (Å²) >= 11 is 5.96. The molecule has 94 valence electrons. The second-order valence-electron chi connectivity index (χ2n) is 4.30. The molecule has 4 nitrogen and oxygen atoms in total. The van der Waals surface area contributed by atoms with Crippen LogP contribution < -0.4 is 0 Å². The van der Waals surface area contributed by atoms with Crippen LogP contribution in [0.1, 0.15) is 24.7 Å². The van der Waals surface area contributed by atoms with E-state index in [0.717, 1.165) is 12.8 Å². The number of hydrogen-bond acceptors (Lipinski definition) is 3. The van der Waals surface area contributed by atoms with E-state index < -0.39 is 5.82 Å². The van der Waals surface area contributed by atoms with Crippen LogP contribution in [0.2, 0.25) is 5.02 Å². The van der Waals surface area contributed by atoms with Gasteiger partial charge in [0.25, 0.3) is 0 Å². The highest BCUT2D eigenvalue weighted by Gasteiger charge is 2.30. The Hall–Kier alpha value is -1.46. The van der Waals surface area contributed by atoms with Crippen LogP contribution in [0.5, 0.6) is 0 Å². The highest BCUT2D eigenvalue weighted by Crippen LogP contribution is 2.40. The number of nitrogens with zero attached hydrogens (tertiary/aromatic N) is 3. The summed E-state index contributed by atoms with van der Waals surface area (Å²) in [6.45, 7) is -0.184. The van der Waals surface area contributed by atoms with Gasteiger partial charge in [-0.3, -0.25) is 0 Å². The van der Waals surface area contributed by atoms with E-state index in [0.29, 0.717) is 17.2 Å². The van der Waals surface area contributed by atoms with Gasteiger partial charge in [-0.05, 0) is 25.0 Å². The molecule has 0 unspecified atom stereocenters. The predicted molar refractivity (Wildman–Crippen MR) is 64.6 cm³/mol. The lowest BCUT2D eigenvalue weighted by molar-refractivity contribution is 0.265. The highest BCUT2D eigenvalue weighted by atomic mass is 35.5. The van der Waals surface area contributed by atoms with E-state index in [1.54, 1.807) is 12.1 Å². The Labute approximate surface area is 108 Å². The normalized spacial score (nSPS) is 15.1. The fourth-order valence-corrected chi connectivity index (χ4v) is 2.22. The quantitative estimate of drug-likeness (QED) is 0.930. The Morgan fingerprint density at radius 2 is 2.17 bits per heavy atom. The molecule has 3 rings (SSSR count). The summed E-state index contributed by atoms with van der Waals surface area (Å²) in [5.74, 6) is 0.531. The maximum atomic E-state index is 13.5. The van der Waals surface area contributed by atoms with E-state index in [1.165, 1.54) is 6.07 Å². The topological polar surface area (TPSA) is 50.9 Å². The van der Waals surface area contributed by atoms with Crippen molar-refractivity contribution in [3.63, 3.8) is 0 Å². The van der Waals surface area contributed by atoms with Gasteiger partial charge in [0.2, 0.25) is 0 Å². The highest BCUT2D eigenvalue weighted by molar-refractivity contribution is 6.33. The third-order valence-corrected chi connectivity index (χ3v) is 3.40. The molecule has 0 spiro atoms. The van der Waals surface area contributed by atoms with Crippen LogP contribution in [0.4, 0.5) is 4.39 Å². The predicted octanol–water partition coefficient (Wildman–Crippen LogP) is 2.56. The van der Waals surface area contributed by atoms with Gasteiger partial charge in [0.15, 0.2) is 11.6 Å². The van der Waals surface area contributed by atoms with Crippen molar-refractivity contribution >= 4 is 11.6 Å². The molecule has 1 aliphatic rings. The summed E-state index contributed by atoms with van der Waals surface area (Å²) in [5.41, 5.74) is 0.510. The monoisotopic (exact) mass is 267 g/mol. The molecule has 18 heavy (non-hydrogen) atoms. The summed E-state index contributed by atoms with van der Waals surface area (Å²) in [6.07, 6.45) is 2.04. The van der Waals surface area contributed by atoms with Crippen LogP contribution in [-0.2, 0) is 6.61 Å². The fourth-order valence-electron chi connectivity index (χ4n) is 2.01. The third-order valence-electron chi connectivity index (χ3n) is 3.01. The summed E-state index contributed by atoms with van der Waals surface area (Å²) in [7, 11) is 0. The molecule has 0 atom stereocenters. The largest absolute Gasteiger partial charge is 0.388 e. The molecule has 6 heteroatoms. The number of aliphatic hydroxyl groups is 1. The summed E-state index contributed by atoms with van der Waals surface area (Å²) in [6, 6.07) is 4.88. The van der Waals surface area contributed by atoms with E-state index in [1.807, 2.05) is 4.57 Å². The van der Waals surface area contributed by atoms with E-state index in [4.69, 9.17) is 11.6 Å². The lowest BCUT2D eigenvalue weighted by atomic mass is 10.2. The number of benzene rings is 1. The van der Waals surface area contributed by atoms with Gasteiger partial charge in [-0.1, -0.05) is 17.7 Å². The second kappa shape index (κ2) is 4.33. The van der Waals surface area contributed by atoms with Gasteiger partial charge < -0.3 is 9.67 Å². The van der Waals surface area contributed by atoms with Crippen LogP contribution in [-0.4, -0.2) is 19.9 Å². The Kier molecular flexibility index (Phi) is 2.80. The minimum Gasteiger partial charge on any atom is -0.388 e. The molecule has 1 aromatic carbocycles. The van der Waals surface area contributed by atoms with Crippen molar-refractivity contribution in [3.8, 4) is 11.4 Å². The Bertz CT molecular complexity index is 595. The maximum absolute atomic E-state index is 13.5. The van der Waals surface area contributed by atoms with Crippen molar-refractivity contribution in [2.75, 3.05) is 0 Å². The number of rotatable bonds is 3. The minimum atomic E-state index is -0.481. The van der Waals surface area contributed by atoms with Gasteiger partial charge in [0, 0.05) is 11.6 Å². The number of halogens is 2. The Balaban J connectivity index is 2.17. The number of aromatic nitrogens is 3. The smallest absolute Gasteiger partial charge is 0.165 e. The molecule has 1 N–H and O–H groups in total. The van der Waals surface area contributed by atoms with Gasteiger partial charge in [-0.25, -0.2) is 4.39 Å². The first-order valence-corrected chi connectivity index (χ1v) is 6.09. The van der Waals surface area contributed by atoms with Crippen molar-refractivity contribution in [2.45, 2.75) is 25.5 Å². The van der Waals surface area contributed by atoms with E-state index in [9.17, 15) is 9.50 Å². The SMILES string of the molecule is OCc1nnc(-c2cccc(F)c2Cl)n1C1CC1. The molecule has 2 aromatic rings. The molecule has 0 radical (unpaired) electrons. The van der Waals surface area contributed by atoms with Crippen molar-refractivity contribution in [1.82, 2.24) is 14.8 Å². The summed E-state index contributed by atoms with van der Waals surface area (Å²) in [5, 5.41) is 17.2. The zero-order valence-corrected chi connectivity index (χ0v) is 10.2. The summed E-state index contributed by atoms with van der Waals surface area (Å²) < 4.78 is 15.3. The third kappa shape index (κ3) is 1.79. The van der Waals surface area contributed by atoms with Crippen molar-refractivity contribution in [1.29, 1.82) is 0 Å². The molecule has 1 aliphatic carbocycles. The molecular formula is C12H11ClFN3O.